The van der Waals surface area contributed by atoms with Gasteiger partial charge in [-0.25, -0.2) is 9.48 Å². The third-order valence-electron chi connectivity index (χ3n) is 4.18. The Morgan fingerprint density at radius 3 is 2.70 bits per heavy atom. The van der Waals surface area contributed by atoms with Crippen molar-refractivity contribution in [1.82, 2.24) is 14.7 Å². The van der Waals surface area contributed by atoms with Crippen molar-refractivity contribution in [2.45, 2.75) is 13.8 Å². The zero-order valence-corrected chi connectivity index (χ0v) is 19.5. The molecule has 2 heterocycles. The molecule has 156 valence electrons. The lowest BCUT2D eigenvalue weighted by atomic mass is 10.1. The summed E-state index contributed by atoms with van der Waals surface area (Å²) < 4.78 is 6.86. The molecular weight excluding hydrogens is 441 g/mol. The van der Waals surface area contributed by atoms with Crippen LogP contribution in [0.15, 0.2) is 30.3 Å². The Balaban J connectivity index is 2.13. The minimum absolute atomic E-state index is 0.256. The van der Waals surface area contributed by atoms with Crippen molar-refractivity contribution in [1.29, 1.82) is 0 Å². The van der Waals surface area contributed by atoms with E-state index < -0.39 is 5.97 Å². The van der Waals surface area contributed by atoms with Crippen molar-refractivity contribution < 1.29 is 9.53 Å². The van der Waals surface area contributed by atoms with Gasteiger partial charge in [0.05, 0.1) is 39.3 Å². The molecule has 8 heteroatoms. The molecule has 3 aromatic rings. The van der Waals surface area contributed by atoms with E-state index in [1.165, 1.54) is 11.3 Å². The number of nitrogens with zero attached hydrogens (tertiary/aromatic N) is 3. The van der Waals surface area contributed by atoms with Crippen LogP contribution in [0.25, 0.3) is 16.3 Å². The van der Waals surface area contributed by atoms with Crippen LogP contribution in [0, 0.1) is 18.8 Å². The van der Waals surface area contributed by atoms with Crippen LogP contribution in [0.3, 0.4) is 0 Å². The lowest BCUT2D eigenvalue weighted by molar-refractivity contribution is 0.0518. The van der Waals surface area contributed by atoms with Crippen LogP contribution >= 0.6 is 34.5 Å². The lowest BCUT2D eigenvalue weighted by Gasteiger charge is -2.09. The van der Waals surface area contributed by atoms with E-state index >= 15 is 0 Å². The number of hydrogen-bond acceptors (Lipinski definition) is 5. The van der Waals surface area contributed by atoms with Crippen LogP contribution in [-0.4, -0.2) is 47.9 Å². The number of benzene rings is 1. The van der Waals surface area contributed by atoms with Gasteiger partial charge in [0.25, 0.3) is 0 Å². The van der Waals surface area contributed by atoms with Crippen LogP contribution in [0.1, 0.15) is 27.9 Å². The SMILES string of the molecule is CCOC(=O)c1nn(-c2ccc(Cl)cc2Cl)c(-c2ccc(C#CCN(C)C)s2)c1C. The van der Waals surface area contributed by atoms with Gasteiger partial charge in [-0.3, -0.25) is 4.90 Å². The first-order valence-corrected chi connectivity index (χ1v) is 10.8. The first-order valence-electron chi connectivity index (χ1n) is 9.27. The molecule has 0 aliphatic carbocycles. The van der Waals surface area contributed by atoms with Crippen LogP contribution in [0.2, 0.25) is 10.0 Å². The quantitative estimate of drug-likeness (QED) is 0.381. The fourth-order valence-electron chi connectivity index (χ4n) is 2.82. The van der Waals surface area contributed by atoms with Gasteiger partial charge >= 0.3 is 5.97 Å². The van der Waals surface area contributed by atoms with Gasteiger partial charge in [-0.2, -0.15) is 5.10 Å². The van der Waals surface area contributed by atoms with E-state index in [-0.39, 0.29) is 12.3 Å². The number of carbonyl (C=O) groups is 1. The minimum atomic E-state index is -0.470. The molecule has 0 aliphatic heterocycles. The number of halogens is 2. The largest absolute Gasteiger partial charge is 0.461 e. The summed E-state index contributed by atoms with van der Waals surface area (Å²) in [7, 11) is 3.95. The van der Waals surface area contributed by atoms with Gasteiger partial charge in [0.1, 0.15) is 0 Å². The fraction of sp³-hybridized carbons (Fsp3) is 0.273. The normalized spacial score (nSPS) is 10.8. The minimum Gasteiger partial charge on any atom is -0.461 e. The molecule has 0 aliphatic rings. The molecule has 3 rings (SSSR count). The summed E-state index contributed by atoms with van der Waals surface area (Å²) in [6, 6.07) is 9.10. The van der Waals surface area contributed by atoms with Crippen LogP contribution in [0.5, 0.6) is 0 Å². The van der Waals surface area contributed by atoms with Crippen LogP contribution in [-0.2, 0) is 4.74 Å². The summed E-state index contributed by atoms with van der Waals surface area (Å²) in [5.41, 5.74) is 2.37. The van der Waals surface area contributed by atoms with Crippen LogP contribution < -0.4 is 0 Å². The Labute approximate surface area is 190 Å². The molecule has 0 unspecified atom stereocenters. The zero-order valence-electron chi connectivity index (χ0n) is 17.1. The topological polar surface area (TPSA) is 47.4 Å². The first kappa shape index (κ1) is 22.4. The van der Waals surface area contributed by atoms with E-state index in [1.54, 1.807) is 29.8 Å². The Morgan fingerprint density at radius 1 is 1.27 bits per heavy atom. The predicted molar refractivity (Wildman–Crippen MR) is 123 cm³/mol. The standard InChI is InChI=1S/C22H21Cl2N3O2S/c1-5-29-22(28)20-14(2)21(19-11-9-16(30-19)7-6-12-26(3)4)27(25-20)18-10-8-15(23)13-17(18)24/h8-11,13H,5,12H2,1-4H3. The molecule has 1 aromatic carbocycles. The highest BCUT2D eigenvalue weighted by atomic mass is 35.5. The summed E-state index contributed by atoms with van der Waals surface area (Å²) in [5.74, 6) is 5.84. The van der Waals surface area contributed by atoms with Gasteiger partial charge in [-0.15, -0.1) is 11.3 Å². The highest BCUT2D eigenvalue weighted by Gasteiger charge is 2.24. The Bertz CT molecular complexity index is 1140. The average Bonchev–Trinajstić information content (AvgIpc) is 3.26. The number of rotatable bonds is 5. The monoisotopic (exact) mass is 461 g/mol. The molecule has 0 spiro atoms. The number of hydrogen-bond donors (Lipinski definition) is 0. The van der Waals surface area contributed by atoms with Gasteiger partial charge in [-0.05, 0) is 58.3 Å². The van der Waals surface area contributed by atoms with E-state index in [0.29, 0.717) is 27.8 Å². The summed E-state index contributed by atoms with van der Waals surface area (Å²) in [5, 5.41) is 5.50. The van der Waals surface area contributed by atoms with Crippen molar-refractivity contribution in [2.24, 2.45) is 0 Å². The second-order valence-electron chi connectivity index (χ2n) is 6.75. The Kier molecular flexibility index (Phi) is 7.22. The van der Waals surface area contributed by atoms with Crippen molar-refractivity contribution in [3.8, 4) is 28.1 Å². The molecular formula is C22H21Cl2N3O2S. The van der Waals surface area contributed by atoms with E-state index in [2.05, 4.69) is 16.9 Å². The van der Waals surface area contributed by atoms with E-state index in [1.807, 2.05) is 38.1 Å². The van der Waals surface area contributed by atoms with Crippen molar-refractivity contribution >= 4 is 40.5 Å². The molecule has 0 atom stereocenters. The molecule has 0 fully saturated rings. The smallest absolute Gasteiger partial charge is 0.359 e. The summed E-state index contributed by atoms with van der Waals surface area (Å²) in [6.45, 7) is 4.57. The number of ether oxygens (including phenoxy) is 1. The van der Waals surface area contributed by atoms with Gasteiger partial charge < -0.3 is 4.74 Å². The maximum absolute atomic E-state index is 12.5. The third kappa shape index (κ3) is 4.88. The van der Waals surface area contributed by atoms with Gasteiger partial charge in [0, 0.05) is 10.6 Å². The molecule has 0 radical (unpaired) electrons. The second kappa shape index (κ2) is 9.67. The maximum atomic E-state index is 12.5. The number of esters is 1. The summed E-state index contributed by atoms with van der Waals surface area (Å²) in [6.07, 6.45) is 0. The zero-order chi connectivity index (χ0) is 21.8. The average molecular weight is 462 g/mol. The summed E-state index contributed by atoms with van der Waals surface area (Å²) >= 11 is 14.0. The van der Waals surface area contributed by atoms with Gasteiger partial charge in [-0.1, -0.05) is 35.0 Å². The third-order valence-corrected chi connectivity index (χ3v) is 5.72. The molecule has 0 saturated carbocycles. The second-order valence-corrected chi connectivity index (χ2v) is 8.68. The first-order chi connectivity index (χ1) is 14.3. The Hall–Kier alpha value is -2.30. The number of carbonyl (C=O) groups excluding carboxylic acids is 1. The molecule has 5 nitrogen and oxygen atoms in total. The maximum Gasteiger partial charge on any atom is 0.359 e. The molecule has 0 N–H and O–H groups in total. The van der Waals surface area contributed by atoms with E-state index in [9.17, 15) is 4.79 Å². The van der Waals surface area contributed by atoms with Gasteiger partial charge in [0.15, 0.2) is 5.69 Å². The molecule has 0 bridgehead atoms. The van der Waals surface area contributed by atoms with Gasteiger partial charge in [0.2, 0.25) is 0 Å². The number of thiophene rings is 1. The number of aromatic nitrogens is 2. The molecule has 0 saturated heterocycles. The van der Waals surface area contributed by atoms with Crippen molar-refractivity contribution in [2.75, 3.05) is 27.2 Å². The fourth-order valence-corrected chi connectivity index (χ4v) is 4.28. The predicted octanol–water partition coefficient (Wildman–Crippen LogP) is 5.31. The Morgan fingerprint density at radius 2 is 2.03 bits per heavy atom. The van der Waals surface area contributed by atoms with Crippen molar-refractivity contribution in [3.05, 3.63) is 56.5 Å². The molecule has 2 aromatic heterocycles. The van der Waals surface area contributed by atoms with Crippen LogP contribution in [0.4, 0.5) is 0 Å². The molecule has 30 heavy (non-hydrogen) atoms. The van der Waals surface area contributed by atoms with E-state index in [4.69, 9.17) is 27.9 Å². The highest BCUT2D eigenvalue weighted by Crippen LogP contribution is 2.36. The van der Waals surface area contributed by atoms with Crippen molar-refractivity contribution in [3.63, 3.8) is 0 Å². The van der Waals surface area contributed by atoms with E-state index in [0.717, 1.165) is 15.4 Å². The highest BCUT2D eigenvalue weighted by molar-refractivity contribution is 7.16. The molecule has 0 amide bonds. The summed E-state index contributed by atoms with van der Waals surface area (Å²) in [4.78, 5) is 16.3. The lowest BCUT2D eigenvalue weighted by Crippen LogP contribution is -2.10.